The molecule has 1 aromatic rings. The van der Waals surface area contributed by atoms with Crippen LogP contribution in [0.1, 0.15) is 24.3 Å². The van der Waals surface area contributed by atoms with Gasteiger partial charge in [0.05, 0.1) is 13.2 Å². The maximum Gasteiger partial charge on any atom is 0.152 e. The Labute approximate surface area is 106 Å². The summed E-state index contributed by atoms with van der Waals surface area (Å²) in [5, 5.41) is 2.08. The Kier molecular flexibility index (Phi) is 4.31. The molecule has 1 aliphatic heterocycles. The van der Waals surface area contributed by atoms with Gasteiger partial charge in [-0.1, -0.05) is 6.07 Å². The van der Waals surface area contributed by atoms with Gasteiger partial charge in [0, 0.05) is 23.4 Å². The van der Waals surface area contributed by atoms with E-state index in [1.54, 1.807) is 11.3 Å². The van der Waals surface area contributed by atoms with Crippen molar-refractivity contribution in [2.75, 3.05) is 26.8 Å². The number of hydrogen-bond donors (Lipinski definition) is 0. The van der Waals surface area contributed by atoms with Gasteiger partial charge in [0.1, 0.15) is 0 Å². The average Bonchev–Trinajstić information content (AvgIpc) is 3.00. The number of thiophene rings is 1. The highest BCUT2D eigenvalue weighted by Crippen LogP contribution is 2.24. The highest BCUT2D eigenvalue weighted by atomic mass is 32.1. The minimum absolute atomic E-state index is 0.119. The molecule has 0 spiro atoms. The SMILES string of the molecule is CC(c1cccs1)N(C)CC(=O)C1CCOC1. The summed E-state index contributed by atoms with van der Waals surface area (Å²) in [4.78, 5) is 15.4. The van der Waals surface area contributed by atoms with Crippen molar-refractivity contribution < 1.29 is 9.53 Å². The van der Waals surface area contributed by atoms with E-state index >= 15 is 0 Å². The molecule has 17 heavy (non-hydrogen) atoms. The maximum absolute atomic E-state index is 12.0. The van der Waals surface area contributed by atoms with Gasteiger partial charge < -0.3 is 4.74 Å². The quantitative estimate of drug-likeness (QED) is 0.806. The monoisotopic (exact) mass is 253 g/mol. The van der Waals surface area contributed by atoms with Crippen LogP contribution in [0.2, 0.25) is 0 Å². The lowest BCUT2D eigenvalue weighted by Gasteiger charge is -2.24. The van der Waals surface area contributed by atoms with Crippen LogP contribution in [0.3, 0.4) is 0 Å². The van der Waals surface area contributed by atoms with Gasteiger partial charge in [-0.3, -0.25) is 9.69 Å². The molecule has 3 nitrogen and oxygen atoms in total. The molecular formula is C13H19NO2S. The van der Waals surface area contributed by atoms with Gasteiger partial charge in [0.25, 0.3) is 0 Å². The van der Waals surface area contributed by atoms with Crippen molar-refractivity contribution in [3.8, 4) is 0 Å². The summed E-state index contributed by atoms with van der Waals surface area (Å²) in [5.74, 6) is 0.432. The zero-order valence-electron chi connectivity index (χ0n) is 10.4. The van der Waals surface area contributed by atoms with Gasteiger partial charge in [0.2, 0.25) is 0 Å². The smallest absolute Gasteiger partial charge is 0.152 e. The summed E-state index contributed by atoms with van der Waals surface area (Å²) in [6, 6.07) is 4.48. The van der Waals surface area contributed by atoms with E-state index in [4.69, 9.17) is 4.74 Å². The molecule has 94 valence electrons. The Bertz CT molecular complexity index is 358. The first-order valence-electron chi connectivity index (χ1n) is 6.02. The topological polar surface area (TPSA) is 29.5 Å². The highest BCUT2D eigenvalue weighted by molar-refractivity contribution is 7.10. The first-order chi connectivity index (χ1) is 8.18. The molecule has 0 N–H and O–H groups in total. The molecule has 0 amide bonds. The van der Waals surface area contributed by atoms with Crippen molar-refractivity contribution >= 4 is 17.1 Å². The van der Waals surface area contributed by atoms with Crippen molar-refractivity contribution in [3.05, 3.63) is 22.4 Å². The number of Topliss-reactive ketones (excluding diaryl/α,β-unsaturated/α-hetero) is 1. The lowest BCUT2D eigenvalue weighted by atomic mass is 10.0. The summed E-state index contributed by atoms with van der Waals surface area (Å²) in [7, 11) is 2.01. The van der Waals surface area contributed by atoms with Crippen LogP contribution in [0, 0.1) is 5.92 Å². The van der Waals surface area contributed by atoms with E-state index in [1.165, 1.54) is 4.88 Å². The lowest BCUT2D eigenvalue weighted by molar-refractivity contribution is -0.124. The minimum Gasteiger partial charge on any atom is -0.381 e. The van der Waals surface area contributed by atoms with E-state index in [2.05, 4.69) is 29.3 Å². The summed E-state index contributed by atoms with van der Waals surface area (Å²) < 4.78 is 5.26. The van der Waals surface area contributed by atoms with Gasteiger partial charge in [-0.2, -0.15) is 0 Å². The van der Waals surface area contributed by atoms with Crippen molar-refractivity contribution in [3.63, 3.8) is 0 Å². The van der Waals surface area contributed by atoms with Crippen LogP contribution in [0.15, 0.2) is 17.5 Å². The highest BCUT2D eigenvalue weighted by Gasteiger charge is 2.25. The molecule has 0 bridgehead atoms. The Hall–Kier alpha value is -0.710. The van der Waals surface area contributed by atoms with Crippen LogP contribution in [0.5, 0.6) is 0 Å². The Morgan fingerprint density at radius 2 is 2.53 bits per heavy atom. The molecule has 0 saturated carbocycles. The molecule has 2 atom stereocenters. The largest absolute Gasteiger partial charge is 0.381 e. The second-order valence-electron chi connectivity index (χ2n) is 4.63. The molecule has 4 heteroatoms. The van der Waals surface area contributed by atoms with Crippen LogP contribution in [0.4, 0.5) is 0 Å². The molecule has 1 aliphatic rings. The average molecular weight is 253 g/mol. The van der Waals surface area contributed by atoms with Crippen LogP contribution in [0.25, 0.3) is 0 Å². The van der Waals surface area contributed by atoms with Crippen molar-refractivity contribution in [1.29, 1.82) is 0 Å². The number of carbonyl (C=O) groups is 1. The van der Waals surface area contributed by atoms with E-state index < -0.39 is 0 Å². The van der Waals surface area contributed by atoms with Gasteiger partial charge in [-0.25, -0.2) is 0 Å². The molecule has 0 aliphatic carbocycles. The van der Waals surface area contributed by atoms with E-state index in [0.717, 1.165) is 13.0 Å². The third-order valence-corrected chi connectivity index (χ3v) is 4.45. The zero-order valence-corrected chi connectivity index (χ0v) is 11.2. The Balaban J connectivity index is 1.87. The number of nitrogens with zero attached hydrogens (tertiary/aromatic N) is 1. The van der Waals surface area contributed by atoms with E-state index in [9.17, 15) is 4.79 Å². The van der Waals surface area contributed by atoms with Crippen LogP contribution >= 0.6 is 11.3 Å². The van der Waals surface area contributed by atoms with Gasteiger partial charge in [0.15, 0.2) is 5.78 Å². The first-order valence-corrected chi connectivity index (χ1v) is 6.90. The molecule has 0 aromatic carbocycles. The van der Waals surface area contributed by atoms with Crippen LogP contribution < -0.4 is 0 Å². The first kappa shape index (κ1) is 12.7. The zero-order chi connectivity index (χ0) is 12.3. The van der Waals surface area contributed by atoms with Crippen molar-refractivity contribution in [1.82, 2.24) is 4.90 Å². The third-order valence-electron chi connectivity index (χ3n) is 3.41. The van der Waals surface area contributed by atoms with E-state index in [-0.39, 0.29) is 5.92 Å². The van der Waals surface area contributed by atoms with Crippen molar-refractivity contribution in [2.45, 2.75) is 19.4 Å². The predicted molar refractivity (Wildman–Crippen MR) is 69.3 cm³/mol. The van der Waals surface area contributed by atoms with Crippen LogP contribution in [-0.4, -0.2) is 37.5 Å². The number of likely N-dealkylation sites (N-methyl/N-ethyl adjacent to an activating group) is 1. The lowest BCUT2D eigenvalue weighted by Crippen LogP contribution is -2.32. The fourth-order valence-electron chi connectivity index (χ4n) is 2.05. The fraction of sp³-hybridized carbons (Fsp3) is 0.615. The normalized spacial score (nSPS) is 21.9. The second kappa shape index (κ2) is 5.76. The number of rotatable bonds is 5. The molecular weight excluding hydrogens is 234 g/mol. The number of ketones is 1. The second-order valence-corrected chi connectivity index (χ2v) is 5.61. The van der Waals surface area contributed by atoms with E-state index in [0.29, 0.717) is 25.0 Å². The molecule has 0 radical (unpaired) electrons. The van der Waals surface area contributed by atoms with Crippen LogP contribution in [-0.2, 0) is 9.53 Å². The summed E-state index contributed by atoms with van der Waals surface area (Å²) in [6.45, 7) is 4.01. The standard InChI is InChI=1S/C13H19NO2S/c1-10(13-4-3-7-17-13)14(2)8-12(15)11-5-6-16-9-11/h3-4,7,10-11H,5-6,8-9H2,1-2H3. The third kappa shape index (κ3) is 3.15. The van der Waals surface area contributed by atoms with Crippen molar-refractivity contribution in [2.24, 2.45) is 5.92 Å². The summed E-state index contributed by atoms with van der Waals surface area (Å²) >= 11 is 1.74. The summed E-state index contributed by atoms with van der Waals surface area (Å²) in [6.07, 6.45) is 0.889. The molecule has 2 heterocycles. The number of carbonyl (C=O) groups excluding carboxylic acids is 1. The van der Waals surface area contributed by atoms with E-state index in [1.807, 2.05) is 7.05 Å². The summed E-state index contributed by atoms with van der Waals surface area (Å²) in [5.41, 5.74) is 0. The maximum atomic E-state index is 12.0. The van der Waals surface area contributed by atoms with Gasteiger partial charge in [-0.05, 0) is 31.8 Å². The number of ether oxygens (including phenoxy) is 1. The Morgan fingerprint density at radius 3 is 3.12 bits per heavy atom. The number of hydrogen-bond acceptors (Lipinski definition) is 4. The molecule has 1 fully saturated rings. The van der Waals surface area contributed by atoms with Gasteiger partial charge in [-0.15, -0.1) is 11.3 Å². The predicted octanol–water partition coefficient (Wildman–Crippen LogP) is 2.35. The molecule has 2 unspecified atom stereocenters. The molecule has 2 rings (SSSR count). The minimum atomic E-state index is 0.119. The molecule has 1 aromatic heterocycles. The Morgan fingerprint density at radius 1 is 1.71 bits per heavy atom. The molecule has 1 saturated heterocycles. The fourth-order valence-corrected chi connectivity index (χ4v) is 2.89. The van der Waals surface area contributed by atoms with Gasteiger partial charge >= 0.3 is 0 Å².